The maximum Gasteiger partial charge on any atom is 0.310 e. The van der Waals surface area contributed by atoms with Gasteiger partial charge in [0.15, 0.2) is 0 Å². The number of aliphatic hydroxyl groups excluding tert-OH is 1. The van der Waals surface area contributed by atoms with Gasteiger partial charge in [0.2, 0.25) is 5.95 Å². The molecule has 0 unspecified atom stereocenters. The molecule has 0 spiro atoms. The number of anilines is 2. The molecule has 40 heavy (non-hydrogen) atoms. The van der Waals surface area contributed by atoms with E-state index in [1.54, 1.807) is 12.4 Å². The third kappa shape index (κ3) is 5.04. The van der Waals surface area contributed by atoms with E-state index in [0.717, 1.165) is 68.0 Å². The van der Waals surface area contributed by atoms with Crippen LogP contribution >= 0.6 is 0 Å². The number of hydrogen-bond acceptors (Lipinski definition) is 7. The SMILES string of the molecule is COC(=O)Cc1c(C)c2c3c(cc(C)n3CCN2c2ncc(CCO)cn2)c1-c1ccc(C)cc1OC(C)(C)C. The fourth-order valence-electron chi connectivity index (χ4n) is 5.66. The van der Waals surface area contributed by atoms with Gasteiger partial charge in [0, 0.05) is 48.7 Å². The van der Waals surface area contributed by atoms with Gasteiger partial charge in [-0.2, -0.15) is 0 Å². The van der Waals surface area contributed by atoms with Crippen LogP contribution in [0.5, 0.6) is 5.75 Å². The second-order valence-corrected chi connectivity index (χ2v) is 11.5. The number of aryl methyl sites for hydroxylation is 2. The molecule has 1 N–H and O–H groups in total. The van der Waals surface area contributed by atoms with Gasteiger partial charge in [-0.15, -0.1) is 0 Å². The Bertz CT molecular complexity index is 1580. The Morgan fingerprint density at radius 1 is 1.07 bits per heavy atom. The zero-order valence-corrected chi connectivity index (χ0v) is 24.5. The van der Waals surface area contributed by atoms with E-state index in [-0.39, 0.29) is 19.0 Å². The molecule has 2 aromatic carbocycles. The van der Waals surface area contributed by atoms with Crippen molar-refractivity contribution in [3.05, 3.63) is 64.6 Å². The molecule has 0 saturated heterocycles. The van der Waals surface area contributed by atoms with Gasteiger partial charge in [-0.1, -0.05) is 12.1 Å². The Morgan fingerprint density at radius 2 is 1.80 bits per heavy atom. The highest BCUT2D eigenvalue weighted by atomic mass is 16.5. The lowest BCUT2D eigenvalue weighted by Crippen LogP contribution is -2.30. The minimum Gasteiger partial charge on any atom is -0.487 e. The number of methoxy groups -OCH3 is 1. The highest BCUT2D eigenvalue weighted by Crippen LogP contribution is 2.48. The fourth-order valence-corrected chi connectivity index (χ4v) is 5.66. The molecule has 8 nitrogen and oxygen atoms in total. The summed E-state index contributed by atoms with van der Waals surface area (Å²) in [4.78, 5) is 24.3. The van der Waals surface area contributed by atoms with Crippen LogP contribution in [0.4, 0.5) is 11.6 Å². The second-order valence-electron chi connectivity index (χ2n) is 11.5. The number of aromatic nitrogens is 3. The molecule has 1 aliphatic rings. The molecule has 0 amide bonds. The first-order chi connectivity index (χ1) is 19.0. The van der Waals surface area contributed by atoms with Crippen molar-refractivity contribution < 1.29 is 19.4 Å². The first kappa shape index (κ1) is 27.6. The maximum atomic E-state index is 12.8. The Hall–Kier alpha value is -3.91. The summed E-state index contributed by atoms with van der Waals surface area (Å²) in [7, 11) is 1.43. The average molecular weight is 543 g/mol. The van der Waals surface area contributed by atoms with Gasteiger partial charge in [-0.3, -0.25) is 4.79 Å². The molecule has 2 aromatic heterocycles. The average Bonchev–Trinajstić information content (AvgIpc) is 3.23. The van der Waals surface area contributed by atoms with Crippen LogP contribution in [0.2, 0.25) is 0 Å². The first-order valence-corrected chi connectivity index (χ1v) is 13.7. The highest BCUT2D eigenvalue weighted by Gasteiger charge is 2.31. The number of carbonyl (C=O) groups excluding carboxylic acids is 1. The van der Waals surface area contributed by atoms with Gasteiger partial charge in [0.1, 0.15) is 11.4 Å². The monoisotopic (exact) mass is 542 g/mol. The van der Waals surface area contributed by atoms with Crippen molar-refractivity contribution in [1.29, 1.82) is 0 Å². The van der Waals surface area contributed by atoms with Crippen LogP contribution in [-0.4, -0.2) is 51.5 Å². The summed E-state index contributed by atoms with van der Waals surface area (Å²) in [5.41, 5.74) is 8.65. The van der Waals surface area contributed by atoms with E-state index in [1.807, 2.05) is 20.8 Å². The van der Waals surface area contributed by atoms with E-state index in [4.69, 9.17) is 9.47 Å². The molecule has 0 bridgehead atoms. The molecule has 8 heteroatoms. The number of ether oxygens (including phenoxy) is 2. The van der Waals surface area contributed by atoms with Gasteiger partial charge < -0.3 is 24.0 Å². The zero-order valence-electron chi connectivity index (χ0n) is 24.5. The quantitative estimate of drug-likeness (QED) is 0.304. The van der Waals surface area contributed by atoms with Gasteiger partial charge in [-0.05, 0) is 87.9 Å². The standard InChI is InChI=1S/C32H38N4O4/c1-19-8-9-23(26(14-19)40-32(4,5)6)28-24(16-27(38)39-7)21(3)29-30-25(28)15-20(2)35(30)11-12-36(29)31-33-17-22(10-13-37)18-34-31/h8-9,14-15,17-18,37H,10-13,16H2,1-7H3. The third-order valence-electron chi connectivity index (χ3n) is 7.43. The smallest absolute Gasteiger partial charge is 0.310 e. The second kappa shape index (κ2) is 10.6. The summed E-state index contributed by atoms with van der Waals surface area (Å²) < 4.78 is 14.0. The van der Waals surface area contributed by atoms with Crippen molar-refractivity contribution in [3.63, 3.8) is 0 Å². The predicted octanol–water partition coefficient (Wildman–Crippen LogP) is 5.60. The minimum absolute atomic E-state index is 0.0528. The molecule has 5 rings (SSSR count). The first-order valence-electron chi connectivity index (χ1n) is 13.7. The number of benzene rings is 2. The Balaban J connectivity index is 1.82. The summed E-state index contributed by atoms with van der Waals surface area (Å²) in [5, 5.41) is 10.4. The van der Waals surface area contributed by atoms with E-state index in [2.05, 4.69) is 64.5 Å². The van der Waals surface area contributed by atoms with Crippen LogP contribution in [0.15, 0.2) is 36.7 Å². The molecular weight excluding hydrogens is 504 g/mol. The molecule has 0 atom stereocenters. The number of carbonyl (C=O) groups is 1. The number of aliphatic hydroxyl groups is 1. The van der Waals surface area contributed by atoms with Crippen molar-refractivity contribution in [1.82, 2.24) is 14.5 Å². The van der Waals surface area contributed by atoms with Crippen LogP contribution in [0.3, 0.4) is 0 Å². The Kier molecular flexibility index (Phi) is 7.31. The van der Waals surface area contributed by atoms with Gasteiger partial charge in [-0.25, -0.2) is 9.97 Å². The van der Waals surface area contributed by atoms with Crippen molar-refractivity contribution in [3.8, 4) is 16.9 Å². The van der Waals surface area contributed by atoms with Crippen molar-refractivity contribution >= 4 is 28.5 Å². The van der Waals surface area contributed by atoms with Crippen LogP contribution in [0, 0.1) is 20.8 Å². The minimum atomic E-state index is -0.400. The van der Waals surface area contributed by atoms with E-state index in [1.165, 1.54) is 7.11 Å². The van der Waals surface area contributed by atoms with Gasteiger partial charge in [0.25, 0.3) is 0 Å². The lowest BCUT2D eigenvalue weighted by molar-refractivity contribution is -0.139. The largest absolute Gasteiger partial charge is 0.487 e. The van der Waals surface area contributed by atoms with Crippen LogP contribution < -0.4 is 9.64 Å². The number of nitrogens with zero attached hydrogens (tertiary/aromatic N) is 4. The van der Waals surface area contributed by atoms with E-state index in [0.29, 0.717) is 18.9 Å². The molecule has 4 aromatic rings. The highest BCUT2D eigenvalue weighted by molar-refractivity contribution is 6.08. The third-order valence-corrected chi connectivity index (χ3v) is 7.43. The lowest BCUT2D eigenvalue weighted by atomic mass is 9.88. The van der Waals surface area contributed by atoms with Crippen LogP contribution in [-0.2, 0) is 28.9 Å². The zero-order chi connectivity index (χ0) is 28.8. The molecular formula is C32H38N4O4. The van der Waals surface area contributed by atoms with E-state index >= 15 is 0 Å². The van der Waals surface area contributed by atoms with Gasteiger partial charge in [0.05, 0.1) is 24.7 Å². The summed E-state index contributed by atoms with van der Waals surface area (Å²) in [6, 6.07) is 8.47. The van der Waals surface area contributed by atoms with Crippen LogP contribution in [0.25, 0.3) is 22.0 Å². The molecule has 1 aliphatic heterocycles. The van der Waals surface area contributed by atoms with Crippen molar-refractivity contribution in [2.45, 2.75) is 66.5 Å². The Morgan fingerprint density at radius 3 is 2.45 bits per heavy atom. The Labute approximate surface area is 235 Å². The van der Waals surface area contributed by atoms with Crippen molar-refractivity contribution in [2.75, 3.05) is 25.2 Å². The van der Waals surface area contributed by atoms with E-state index in [9.17, 15) is 9.90 Å². The molecule has 3 heterocycles. The predicted molar refractivity (Wildman–Crippen MR) is 158 cm³/mol. The van der Waals surface area contributed by atoms with Crippen molar-refractivity contribution in [2.24, 2.45) is 0 Å². The fraction of sp³-hybridized carbons (Fsp3) is 0.406. The molecule has 0 aliphatic carbocycles. The van der Waals surface area contributed by atoms with E-state index < -0.39 is 5.60 Å². The number of rotatable bonds is 7. The summed E-state index contributed by atoms with van der Waals surface area (Å²) in [6.45, 7) is 13.9. The lowest BCUT2D eigenvalue weighted by Gasteiger charge is -2.33. The van der Waals surface area contributed by atoms with Gasteiger partial charge >= 0.3 is 5.97 Å². The molecule has 0 fully saturated rings. The molecule has 210 valence electrons. The molecule has 0 saturated carbocycles. The molecule has 0 radical (unpaired) electrons. The summed E-state index contributed by atoms with van der Waals surface area (Å²) in [5.74, 6) is 1.08. The normalized spacial score (nSPS) is 13.2. The van der Waals surface area contributed by atoms with Crippen LogP contribution in [0.1, 0.15) is 48.7 Å². The number of hydrogen-bond donors (Lipinski definition) is 1. The topological polar surface area (TPSA) is 89.7 Å². The summed E-state index contributed by atoms with van der Waals surface area (Å²) >= 11 is 0. The number of esters is 1. The summed E-state index contributed by atoms with van der Waals surface area (Å²) in [6.07, 6.45) is 4.18. The maximum absolute atomic E-state index is 12.8.